The number of benzene rings is 3. The van der Waals surface area contributed by atoms with Crippen molar-refractivity contribution in [3.8, 4) is 0 Å². The zero-order chi connectivity index (χ0) is 21.3. The number of hydrogen-bond donors (Lipinski definition) is 0. The topological polar surface area (TPSA) is 6.48 Å². The number of fused-ring (bicyclic) bond motifs is 1. The zero-order valence-electron chi connectivity index (χ0n) is 17.6. The van der Waals surface area contributed by atoms with Crippen molar-refractivity contribution in [2.24, 2.45) is 0 Å². The van der Waals surface area contributed by atoms with E-state index in [0.29, 0.717) is 6.54 Å². The van der Waals surface area contributed by atoms with Gasteiger partial charge in [-0.15, -0.1) is 0 Å². The number of piperidine rings is 1. The molecule has 2 aliphatic rings. The first kappa shape index (κ1) is 20.3. The van der Waals surface area contributed by atoms with Crippen LogP contribution in [0.3, 0.4) is 0 Å². The van der Waals surface area contributed by atoms with E-state index in [1.54, 1.807) is 12.1 Å². The summed E-state index contributed by atoms with van der Waals surface area (Å²) in [4.78, 5) is 4.52. The molecule has 0 unspecified atom stereocenters. The summed E-state index contributed by atoms with van der Waals surface area (Å²) in [6, 6.07) is 28.6. The van der Waals surface area contributed by atoms with Gasteiger partial charge in [-0.2, -0.15) is 8.78 Å². The van der Waals surface area contributed by atoms with Gasteiger partial charge in [0.1, 0.15) is 0 Å². The first-order valence-electron chi connectivity index (χ1n) is 11.2. The van der Waals surface area contributed by atoms with Crippen LogP contribution in [-0.4, -0.2) is 35.5 Å². The maximum absolute atomic E-state index is 14.8. The Morgan fingerprint density at radius 3 is 1.90 bits per heavy atom. The molecule has 3 aromatic carbocycles. The Balaban J connectivity index is 1.33. The smallest absolute Gasteiger partial charge is 0.285 e. The Kier molecular flexibility index (Phi) is 5.59. The summed E-state index contributed by atoms with van der Waals surface area (Å²) < 4.78 is 29.6. The van der Waals surface area contributed by atoms with Gasteiger partial charge in [0.25, 0.3) is 5.92 Å². The molecule has 2 aliphatic heterocycles. The minimum atomic E-state index is -2.78. The van der Waals surface area contributed by atoms with Crippen LogP contribution in [0.4, 0.5) is 8.78 Å². The maximum Gasteiger partial charge on any atom is 0.285 e. The van der Waals surface area contributed by atoms with E-state index in [1.807, 2.05) is 29.2 Å². The summed E-state index contributed by atoms with van der Waals surface area (Å²) in [5, 5.41) is 0. The lowest BCUT2D eigenvalue weighted by Gasteiger charge is -2.44. The molecule has 0 aromatic heterocycles. The van der Waals surface area contributed by atoms with Gasteiger partial charge < -0.3 is 0 Å². The molecule has 1 saturated heterocycles. The highest BCUT2D eigenvalue weighted by Crippen LogP contribution is 2.39. The lowest BCUT2D eigenvalue weighted by atomic mass is 9.91. The van der Waals surface area contributed by atoms with Gasteiger partial charge in [-0.3, -0.25) is 9.80 Å². The van der Waals surface area contributed by atoms with Crippen LogP contribution in [-0.2, 0) is 12.5 Å². The van der Waals surface area contributed by atoms with Crippen LogP contribution in [0.2, 0.25) is 0 Å². The van der Waals surface area contributed by atoms with Crippen LogP contribution < -0.4 is 0 Å². The molecular formula is C27H28F2N2. The highest BCUT2D eigenvalue weighted by molar-refractivity contribution is 5.34. The first-order chi connectivity index (χ1) is 15.1. The monoisotopic (exact) mass is 418 g/mol. The second-order valence-corrected chi connectivity index (χ2v) is 8.76. The predicted octanol–water partition coefficient (Wildman–Crippen LogP) is 5.85. The van der Waals surface area contributed by atoms with Gasteiger partial charge in [0.15, 0.2) is 0 Å². The number of nitrogens with zero attached hydrogens (tertiary/aromatic N) is 2. The first-order valence-corrected chi connectivity index (χ1v) is 11.2. The molecule has 1 fully saturated rings. The van der Waals surface area contributed by atoms with Crippen molar-refractivity contribution in [3.63, 3.8) is 0 Å². The normalized spacial score (nSPS) is 20.0. The van der Waals surface area contributed by atoms with Crippen molar-refractivity contribution >= 4 is 0 Å². The van der Waals surface area contributed by atoms with E-state index in [1.165, 1.54) is 11.1 Å². The molecule has 5 rings (SSSR count). The fourth-order valence-corrected chi connectivity index (χ4v) is 5.28. The predicted molar refractivity (Wildman–Crippen MR) is 120 cm³/mol. The van der Waals surface area contributed by atoms with E-state index < -0.39 is 5.92 Å². The second kappa shape index (κ2) is 8.52. The van der Waals surface area contributed by atoms with E-state index in [0.717, 1.165) is 31.5 Å². The van der Waals surface area contributed by atoms with Crippen molar-refractivity contribution in [1.82, 2.24) is 9.80 Å². The summed E-state index contributed by atoms with van der Waals surface area (Å²) in [6.07, 6.45) is 1.82. The van der Waals surface area contributed by atoms with Gasteiger partial charge >= 0.3 is 0 Å². The molecule has 0 spiro atoms. The van der Waals surface area contributed by atoms with Gasteiger partial charge in [0.05, 0.1) is 12.6 Å². The van der Waals surface area contributed by atoms with Gasteiger partial charge in [-0.1, -0.05) is 84.9 Å². The summed E-state index contributed by atoms with van der Waals surface area (Å²) in [6.45, 7) is 2.26. The average molecular weight is 419 g/mol. The zero-order valence-corrected chi connectivity index (χ0v) is 17.6. The Hall–Kier alpha value is -2.56. The SMILES string of the molecule is FC1(F)CN(C2CCN(C(c3ccccc3)c3ccccc3)CC2)Cc2ccccc21. The summed E-state index contributed by atoms with van der Waals surface area (Å²) >= 11 is 0. The van der Waals surface area contributed by atoms with Crippen LogP contribution in [0.25, 0.3) is 0 Å². The van der Waals surface area contributed by atoms with E-state index in [2.05, 4.69) is 53.4 Å². The third kappa shape index (κ3) is 4.15. The van der Waals surface area contributed by atoms with Gasteiger partial charge in [0, 0.05) is 31.2 Å². The van der Waals surface area contributed by atoms with Gasteiger partial charge in [0.2, 0.25) is 0 Å². The minimum Gasteiger partial charge on any atom is -0.292 e. The molecule has 0 saturated carbocycles. The van der Waals surface area contributed by atoms with Crippen LogP contribution in [0.5, 0.6) is 0 Å². The molecule has 0 radical (unpaired) electrons. The molecule has 0 aliphatic carbocycles. The number of halogens is 2. The van der Waals surface area contributed by atoms with Crippen LogP contribution in [0.15, 0.2) is 84.9 Å². The Bertz CT molecular complexity index is 959. The highest BCUT2D eigenvalue weighted by atomic mass is 19.3. The van der Waals surface area contributed by atoms with Crippen molar-refractivity contribution in [2.45, 2.75) is 37.4 Å². The summed E-state index contributed by atoms with van der Waals surface area (Å²) in [5.41, 5.74) is 3.54. The standard InChI is InChI=1S/C27H28F2N2/c28-27(29)20-31(19-23-13-7-8-14-25(23)27)24-15-17-30(18-16-24)26(21-9-3-1-4-10-21)22-11-5-2-6-12-22/h1-14,24,26H,15-20H2. The molecule has 3 aromatic rings. The van der Waals surface area contributed by atoms with Crippen LogP contribution >= 0.6 is 0 Å². The molecule has 0 bridgehead atoms. The number of hydrogen-bond acceptors (Lipinski definition) is 2. The summed E-state index contributed by atoms with van der Waals surface area (Å²) in [5.74, 6) is -2.78. The molecule has 2 nitrogen and oxygen atoms in total. The highest BCUT2D eigenvalue weighted by Gasteiger charge is 2.42. The largest absolute Gasteiger partial charge is 0.292 e. The third-order valence-electron chi connectivity index (χ3n) is 6.80. The molecule has 2 heterocycles. The van der Waals surface area contributed by atoms with Crippen molar-refractivity contribution in [2.75, 3.05) is 19.6 Å². The molecule has 4 heteroatoms. The number of alkyl halides is 2. The fourth-order valence-electron chi connectivity index (χ4n) is 5.28. The summed E-state index contributed by atoms with van der Waals surface area (Å²) in [7, 11) is 0. The van der Waals surface area contributed by atoms with E-state index in [-0.39, 0.29) is 24.2 Å². The Morgan fingerprint density at radius 2 is 1.29 bits per heavy atom. The minimum absolute atomic E-state index is 0.171. The molecule has 0 amide bonds. The Labute approximate surface area is 183 Å². The number of rotatable bonds is 4. The molecule has 31 heavy (non-hydrogen) atoms. The van der Waals surface area contributed by atoms with E-state index in [4.69, 9.17) is 0 Å². The molecule has 0 atom stereocenters. The average Bonchev–Trinajstić information content (AvgIpc) is 2.81. The van der Waals surface area contributed by atoms with Crippen molar-refractivity contribution < 1.29 is 8.78 Å². The van der Waals surface area contributed by atoms with Gasteiger partial charge in [-0.25, -0.2) is 0 Å². The second-order valence-electron chi connectivity index (χ2n) is 8.76. The molecule has 0 N–H and O–H groups in total. The van der Waals surface area contributed by atoms with Crippen LogP contribution in [0.1, 0.15) is 41.1 Å². The van der Waals surface area contributed by atoms with Gasteiger partial charge in [-0.05, 0) is 29.5 Å². The Morgan fingerprint density at radius 1 is 0.742 bits per heavy atom. The van der Waals surface area contributed by atoms with Crippen molar-refractivity contribution in [1.29, 1.82) is 0 Å². The maximum atomic E-state index is 14.8. The fraction of sp³-hybridized carbons (Fsp3) is 0.333. The lowest BCUT2D eigenvalue weighted by Crippen LogP contribution is -2.50. The van der Waals surface area contributed by atoms with E-state index in [9.17, 15) is 8.78 Å². The molecule has 160 valence electrons. The van der Waals surface area contributed by atoms with Crippen LogP contribution in [0, 0.1) is 0 Å². The van der Waals surface area contributed by atoms with Crippen molar-refractivity contribution in [3.05, 3.63) is 107 Å². The third-order valence-corrected chi connectivity index (χ3v) is 6.80. The lowest BCUT2D eigenvalue weighted by molar-refractivity contribution is -0.0707. The van der Waals surface area contributed by atoms with E-state index >= 15 is 0 Å². The molecular weight excluding hydrogens is 390 g/mol. The number of likely N-dealkylation sites (tertiary alicyclic amines) is 1. The quantitative estimate of drug-likeness (QED) is 0.525.